The summed E-state index contributed by atoms with van der Waals surface area (Å²) in [6, 6.07) is 6.16. The number of hydrogen-bond donors (Lipinski definition) is 1. The van der Waals surface area contributed by atoms with Crippen molar-refractivity contribution in [1.82, 2.24) is 0 Å². The zero-order valence-electron chi connectivity index (χ0n) is 11.5. The molecule has 0 saturated carbocycles. The molecule has 1 heterocycles. The molecule has 0 unspecified atom stereocenters. The highest BCUT2D eigenvalue weighted by Crippen LogP contribution is 2.33. The maximum atomic E-state index is 12.3. The Balaban J connectivity index is 2.30. The number of nitrogens with zero attached hydrogens (tertiary/aromatic N) is 1. The first-order valence-electron chi connectivity index (χ1n) is 6.73. The third-order valence-electron chi connectivity index (χ3n) is 3.40. The van der Waals surface area contributed by atoms with E-state index >= 15 is 0 Å². The summed E-state index contributed by atoms with van der Waals surface area (Å²) in [4.78, 5) is 14.2. The third kappa shape index (κ3) is 2.50. The topological polar surface area (TPSA) is 32.3 Å². The maximum Gasteiger partial charge on any atom is 0.227 e. The Morgan fingerprint density at radius 2 is 2.22 bits per heavy atom. The van der Waals surface area contributed by atoms with Gasteiger partial charge in [-0.2, -0.15) is 0 Å². The van der Waals surface area contributed by atoms with E-state index < -0.39 is 0 Å². The molecule has 0 fully saturated rings. The lowest BCUT2D eigenvalue weighted by Crippen LogP contribution is -2.36. The molecular formula is C15H22N2O. The molecule has 0 atom stereocenters. The van der Waals surface area contributed by atoms with Crippen LogP contribution in [0, 0.1) is 5.92 Å². The Morgan fingerprint density at radius 1 is 1.44 bits per heavy atom. The van der Waals surface area contributed by atoms with E-state index in [1.165, 1.54) is 5.56 Å². The second kappa shape index (κ2) is 5.42. The van der Waals surface area contributed by atoms with Gasteiger partial charge in [-0.1, -0.05) is 19.9 Å². The molecule has 1 aromatic rings. The van der Waals surface area contributed by atoms with E-state index in [0.717, 1.165) is 30.8 Å². The Morgan fingerprint density at radius 3 is 2.89 bits per heavy atom. The van der Waals surface area contributed by atoms with Crippen LogP contribution in [-0.2, 0) is 11.2 Å². The van der Waals surface area contributed by atoms with Crippen molar-refractivity contribution in [3.05, 3.63) is 23.8 Å². The number of anilines is 2. The molecule has 98 valence electrons. The highest BCUT2D eigenvalue weighted by Gasteiger charge is 2.24. The first kappa shape index (κ1) is 12.9. The van der Waals surface area contributed by atoms with Crippen LogP contribution in [0.4, 0.5) is 11.4 Å². The van der Waals surface area contributed by atoms with Gasteiger partial charge < -0.3 is 10.2 Å². The van der Waals surface area contributed by atoms with Crippen molar-refractivity contribution in [3.8, 4) is 0 Å². The fourth-order valence-electron chi connectivity index (χ4n) is 2.58. The molecule has 0 bridgehead atoms. The van der Waals surface area contributed by atoms with Crippen LogP contribution < -0.4 is 10.2 Å². The van der Waals surface area contributed by atoms with E-state index in [4.69, 9.17) is 0 Å². The predicted molar refractivity (Wildman–Crippen MR) is 76.1 cm³/mol. The number of amides is 1. The van der Waals surface area contributed by atoms with Crippen LogP contribution in [0.25, 0.3) is 0 Å². The van der Waals surface area contributed by atoms with Gasteiger partial charge in [0.15, 0.2) is 0 Å². The molecule has 1 aliphatic rings. The van der Waals surface area contributed by atoms with Crippen LogP contribution in [0.1, 0.15) is 32.3 Å². The minimum absolute atomic E-state index is 0.249. The SMILES string of the molecule is CNc1cccc2c1CCCN2C(=O)CC(C)C. The summed E-state index contributed by atoms with van der Waals surface area (Å²) in [6.07, 6.45) is 2.73. The smallest absolute Gasteiger partial charge is 0.227 e. The largest absolute Gasteiger partial charge is 0.388 e. The molecule has 2 rings (SSSR count). The maximum absolute atomic E-state index is 12.3. The van der Waals surface area contributed by atoms with Gasteiger partial charge in [0.25, 0.3) is 0 Å². The number of nitrogens with one attached hydrogen (secondary N) is 1. The lowest BCUT2D eigenvalue weighted by molar-refractivity contribution is -0.119. The molecule has 0 aromatic heterocycles. The van der Waals surface area contributed by atoms with Crippen molar-refractivity contribution in [3.63, 3.8) is 0 Å². The van der Waals surface area contributed by atoms with Crippen molar-refractivity contribution < 1.29 is 4.79 Å². The predicted octanol–water partition coefficient (Wildman–Crippen LogP) is 3.05. The summed E-state index contributed by atoms with van der Waals surface area (Å²) in [7, 11) is 1.94. The summed E-state index contributed by atoms with van der Waals surface area (Å²) in [5, 5.41) is 3.22. The summed E-state index contributed by atoms with van der Waals surface area (Å²) >= 11 is 0. The first-order chi connectivity index (χ1) is 8.63. The minimum atomic E-state index is 0.249. The van der Waals surface area contributed by atoms with Crippen LogP contribution in [0.3, 0.4) is 0 Å². The number of benzene rings is 1. The van der Waals surface area contributed by atoms with Crippen molar-refractivity contribution in [2.75, 3.05) is 23.8 Å². The standard InChI is InChI=1S/C15H22N2O/c1-11(2)10-15(18)17-9-5-6-12-13(16-3)7-4-8-14(12)17/h4,7-8,11,16H,5-6,9-10H2,1-3H3. The summed E-state index contributed by atoms with van der Waals surface area (Å²) in [5.41, 5.74) is 3.52. The van der Waals surface area contributed by atoms with Gasteiger partial charge in [0.2, 0.25) is 5.91 Å². The Bertz CT molecular complexity index is 440. The van der Waals surface area contributed by atoms with E-state index in [2.05, 4.69) is 31.3 Å². The lowest BCUT2D eigenvalue weighted by atomic mass is 9.98. The number of fused-ring (bicyclic) bond motifs is 1. The fraction of sp³-hybridized carbons (Fsp3) is 0.533. The molecule has 3 heteroatoms. The Hall–Kier alpha value is -1.51. The normalized spacial score (nSPS) is 14.6. The number of hydrogen-bond acceptors (Lipinski definition) is 2. The van der Waals surface area contributed by atoms with Gasteiger partial charge in [-0.3, -0.25) is 4.79 Å². The number of carbonyl (C=O) groups is 1. The van der Waals surface area contributed by atoms with Gasteiger partial charge >= 0.3 is 0 Å². The highest BCUT2D eigenvalue weighted by atomic mass is 16.2. The molecule has 1 aromatic carbocycles. The molecule has 1 aliphatic heterocycles. The molecule has 1 N–H and O–H groups in total. The number of carbonyl (C=O) groups excluding carboxylic acids is 1. The Labute approximate surface area is 109 Å². The van der Waals surface area contributed by atoms with Gasteiger partial charge in [0, 0.05) is 31.4 Å². The zero-order valence-corrected chi connectivity index (χ0v) is 11.5. The molecular weight excluding hydrogens is 224 g/mol. The monoisotopic (exact) mass is 246 g/mol. The van der Waals surface area contributed by atoms with Gasteiger partial charge in [0.1, 0.15) is 0 Å². The highest BCUT2D eigenvalue weighted by molar-refractivity contribution is 5.95. The van der Waals surface area contributed by atoms with E-state index in [9.17, 15) is 4.79 Å². The van der Waals surface area contributed by atoms with Gasteiger partial charge in [-0.05, 0) is 36.5 Å². The molecule has 0 radical (unpaired) electrons. The summed E-state index contributed by atoms with van der Waals surface area (Å²) in [6.45, 7) is 5.03. The van der Waals surface area contributed by atoms with Crippen LogP contribution in [0.5, 0.6) is 0 Å². The van der Waals surface area contributed by atoms with E-state index in [0.29, 0.717) is 12.3 Å². The minimum Gasteiger partial charge on any atom is -0.388 e. The molecule has 1 amide bonds. The second-order valence-corrected chi connectivity index (χ2v) is 5.30. The van der Waals surface area contributed by atoms with E-state index in [-0.39, 0.29) is 5.91 Å². The third-order valence-corrected chi connectivity index (χ3v) is 3.40. The molecule has 0 saturated heterocycles. The van der Waals surface area contributed by atoms with E-state index in [1.807, 2.05) is 18.0 Å². The van der Waals surface area contributed by atoms with Crippen molar-refractivity contribution in [2.45, 2.75) is 33.1 Å². The average Bonchev–Trinajstić information content (AvgIpc) is 2.36. The molecule has 0 aliphatic carbocycles. The first-order valence-corrected chi connectivity index (χ1v) is 6.73. The lowest BCUT2D eigenvalue weighted by Gasteiger charge is -2.31. The molecule has 18 heavy (non-hydrogen) atoms. The Kier molecular flexibility index (Phi) is 3.90. The quantitative estimate of drug-likeness (QED) is 0.889. The average molecular weight is 246 g/mol. The van der Waals surface area contributed by atoms with Gasteiger partial charge in [-0.15, -0.1) is 0 Å². The van der Waals surface area contributed by atoms with Crippen molar-refractivity contribution in [2.24, 2.45) is 5.92 Å². The van der Waals surface area contributed by atoms with Crippen LogP contribution in [0.2, 0.25) is 0 Å². The van der Waals surface area contributed by atoms with Gasteiger partial charge in [-0.25, -0.2) is 0 Å². The van der Waals surface area contributed by atoms with Crippen LogP contribution >= 0.6 is 0 Å². The molecule has 3 nitrogen and oxygen atoms in total. The summed E-state index contributed by atoms with van der Waals surface area (Å²) in [5.74, 6) is 0.662. The second-order valence-electron chi connectivity index (χ2n) is 5.30. The van der Waals surface area contributed by atoms with E-state index in [1.54, 1.807) is 0 Å². The van der Waals surface area contributed by atoms with Crippen LogP contribution in [0.15, 0.2) is 18.2 Å². The van der Waals surface area contributed by atoms with Crippen LogP contribution in [-0.4, -0.2) is 19.5 Å². The number of rotatable bonds is 3. The summed E-state index contributed by atoms with van der Waals surface area (Å²) < 4.78 is 0. The zero-order chi connectivity index (χ0) is 13.1. The fourth-order valence-corrected chi connectivity index (χ4v) is 2.58. The van der Waals surface area contributed by atoms with Crippen molar-refractivity contribution >= 4 is 17.3 Å². The van der Waals surface area contributed by atoms with Gasteiger partial charge in [0.05, 0.1) is 0 Å². The molecule has 0 spiro atoms. The van der Waals surface area contributed by atoms with Crippen molar-refractivity contribution in [1.29, 1.82) is 0 Å².